The van der Waals surface area contributed by atoms with Gasteiger partial charge in [0.15, 0.2) is 0 Å². The Hall–Kier alpha value is -1.48. The van der Waals surface area contributed by atoms with Crippen molar-refractivity contribution in [3.8, 4) is 0 Å². The van der Waals surface area contributed by atoms with Gasteiger partial charge in [-0.1, -0.05) is 24.3 Å². The predicted octanol–water partition coefficient (Wildman–Crippen LogP) is 2.70. The minimum Gasteiger partial charge on any atom is -0.468 e. The van der Waals surface area contributed by atoms with E-state index in [1.807, 2.05) is 12.1 Å². The number of fused-ring (bicyclic) bond motifs is 1. The first-order chi connectivity index (χ1) is 7.34. The van der Waals surface area contributed by atoms with Crippen molar-refractivity contribution >= 4 is 29.0 Å². The van der Waals surface area contributed by atoms with E-state index in [-0.39, 0.29) is 12.4 Å². The number of hydrogen-bond donors (Lipinski definition) is 1. The summed E-state index contributed by atoms with van der Waals surface area (Å²) < 4.78 is 5.62. The largest absolute Gasteiger partial charge is 0.468 e. The number of nitrogens with two attached hydrogens (primary N) is 1. The number of amidine groups is 1. The summed E-state index contributed by atoms with van der Waals surface area (Å²) in [5.41, 5.74) is 5.68. The van der Waals surface area contributed by atoms with Crippen LogP contribution in [0.3, 0.4) is 0 Å². The lowest BCUT2D eigenvalue weighted by Gasteiger charge is -2.04. The minimum absolute atomic E-state index is 0. The number of hydrogen-bond acceptors (Lipinski definition) is 3. The summed E-state index contributed by atoms with van der Waals surface area (Å²) in [5, 5.41) is 2.34. The third kappa shape index (κ3) is 1.67. The van der Waals surface area contributed by atoms with Gasteiger partial charge in [-0.2, -0.15) is 0 Å². The van der Waals surface area contributed by atoms with E-state index in [0.29, 0.717) is 5.92 Å². The Morgan fingerprint density at radius 1 is 1.31 bits per heavy atom. The van der Waals surface area contributed by atoms with Crippen LogP contribution in [-0.4, -0.2) is 12.4 Å². The van der Waals surface area contributed by atoms with E-state index in [4.69, 9.17) is 10.2 Å². The van der Waals surface area contributed by atoms with E-state index in [2.05, 4.69) is 17.1 Å². The second-order valence-corrected chi connectivity index (χ2v) is 3.92. The van der Waals surface area contributed by atoms with Gasteiger partial charge in [0.05, 0.1) is 18.6 Å². The molecule has 1 aromatic heterocycles. The summed E-state index contributed by atoms with van der Waals surface area (Å²) in [4.78, 5) is 4.21. The number of benzene rings is 1. The molecule has 1 aliphatic heterocycles. The molecule has 0 saturated heterocycles. The highest BCUT2D eigenvalue weighted by atomic mass is 35.5. The van der Waals surface area contributed by atoms with E-state index in [9.17, 15) is 0 Å². The SMILES string of the molecule is Cl.NC1=NCC(c2occ3ccccc23)C1. The standard InChI is InChI=1S/C12H12N2O.ClH/c13-11-5-9(6-14-11)12-10-4-2-1-3-8(10)7-15-12;/h1-4,7,9H,5-6H2,(H2,13,14);1H. The summed E-state index contributed by atoms with van der Waals surface area (Å²) in [5.74, 6) is 2.08. The van der Waals surface area contributed by atoms with E-state index >= 15 is 0 Å². The molecule has 2 aromatic rings. The molecule has 0 amide bonds. The van der Waals surface area contributed by atoms with Crippen LogP contribution in [0.1, 0.15) is 18.1 Å². The number of furan rings is 1. The number of nitrogens with zero attached hydrogens (tertiary/aromatic N) is 1. The molecular weight excluding hydrogens is 224 g/mol. The number of aliphatic imine (C=N–C) groups is 1. The molecule has 4 heteroatoms. The summed E-state index contributed by atoms with van der Waals surface area (Å²) in [6, 6.07) is 8.19. The Labute approximate surface area is 99.7 Å². The van der Waals surface area contributed by atoms with E-state index in [1.54, 1.807) is 6.26 Å². The molecule has 1 aromatic carbocycles. The molecule has 3 rings (SSSR count). The lowest BCUT2D eigenvalue weighted by Crippen LogP contribution is -2.08. The van der Waals surface area contributed by atoms with Crippen molar-refractivity contribution < 1.29 is 4.42 Å². The fourth-order valence-electron chi connectivity index (χ4n) is 2.12. The van der Waals surface area contributed by atoms with Crippen LogP contribution < -0.4 is 5.73 Å². The van der Waals surface area contributed by atoms with Crippen LogP contribution in [0.2, 0.25) is 0 Å². The maximum atomic E-state index is 5.68. The first kappa shape index (κ1) is 11.0. The highest BCUT2D eigenvalue weighted by Gasteiger charge is 2.23. The molecule has 1 aliphatic rings. The zero-order valence-corrected chi connectivity index (χ0v) is 9.54. The average molecular weight is 237 g/mol. The van der Waals surface area contributed by atoms with Crippen LogP contribution in [0.25, 0.3) is 10.8 Å². The van der Waals surface area contributed by atoms with Crippen LogP contribution in [0, 0.1) is 0 Å². The smallest absolute Gasteiger partial charge is 0.116 e. The van der Waals surface area contributed by atoms with Crippen LogP contribution >= 0.6 is 12.4 Å². The van der Waals surface area contributed by atoms with Crippen LogP contribution in [0.5, 0.6) is 0 Å². The van der Waals surface area contributed by atoms with Gasteiger partial charge in [0.25, 0.3) is 0 Å². The van der Waals surface area contributed by atoms with E-state index in [0.717, 1.165) is 29.9 Å². The van der Waals surface area contributed by atoms with Gasteiger partial charge < -0.3 is 10.2 Å². The first-order valence-electron chi connectivity index (χ1n) is 5.09. The summed E-state index contributed by atoms with van der Waals surface area (Å²) in [6.45, 7) is 0.753. The summed E-state index contributed by atoms with van der Waals surface area (Å²) >= 11 is 0. The monoisotopic (exact) mass is 236 g/mol. The lowest BCUT2D eigenvalue weighted by molar-refractivity contribution is 0.482. The molecule has 1 unspecified atom stereocenters. The molecule has 2 N–H and O–H groups in total. The molecule has 0 saturated carbocycles. The molecule has 0 aliphatic carbocycles. The molecule has 0 bridgehead atoms. The maximum absolute atomic E-state index is 5.68. The van der Waals surface area contributed by atoms with Gasteiger partial charge in [-0.15, -0.1) is 12.4 Å². The van der Waals surface area contributed by atoms with Crippen molar-refractivity contribution in [2.24, 2.45) is 10.7 Å². The fourth-order valence-corrected chi connectivity index (χ4v) is 2.12. The van der Waals surface area contributed by atoms with Crippen molar-refractivity contribution in [1.82, 2.24) is 0 Å². The van der Waals surface area contributed by atoms with E-state index < -0.39 is 0 Å². The van der Waals surface area contributed by atoms with Crippen LogP contribution in [-0.2, 0) is 0 Å². The van der Waals surface area contributed by atoms with Gasteiger partial charge in [-0.25, -0.2) is 0 Å². The zero-order chi connectivity index (χ0) is 10.3. The third-order valence-electron chi connectivity index (χ3n) is 2.88. The van der Waals surface area contributed by atoms with Crippen molar-refractivity contribution in [2.45, 2.75) is 12.3 Å². The maximum Gasteiger partial charge on any atom is 0.116 e. The normalized spacial score (nSPS) is 19.5. The predicted molar refractivity (Wildman–Crippen MR) is 67.3 cm³/mol. The Bertz CT molecular complexity index is 533. The molecule has 0 spiro atoms. The van der Waals surface area contributed by atoms with Gasteiger partial charge in [0, 0.05) is 23.1 Å². The Balaban J connectivity index is 0.000000963. The second-order valence-electron chi connectivity index (χ2n) is 3.92. The number of rotatable bonds is 1. The van der Waals surface area contributed by atoms with Crippen molar-refractivity contribution in [3.63, 3.8) is 0 Å². The quantitative estimate of drug-likeness (QED) is 0.828. The highest BCUT2D eigenvalue weighted by Crippen LogP contribution is 2.31. The molecule has 0 radical (unpaired) electrons. The molecular formula is C12H13ClN2O. The van der Waals surface area contributed by atoms with Gasteiger partial charge >= 0.3 is 0 Å². The van der Waals surface area contributed by atoms with Gasteiger partial charge in [0.2, 0.25) is 0 Å². The Morgan fingerprint density at radius 3 is 2.88 bits per heavy atom. The molecule has 1 atom stereocenters. The van der Waals surface area contributed by atoms with Crippen LogP contribution in [0.15, 0.2) is 39.9 Å². The Morgan fingerprint density at radius 2 is 2.12 bits per heavy atom. The minimum atomic E-state index is 0. The van der Waals surface area contributed by atoms with Gasteiger partial charge in [-0.05, 0) is 0 Å². The lowest BCUT2D eigenvalue weighted by atomic mass is 10.0. The zero-order valence-electron chi connectivity index (χ0n) is 8.72. The van der Waals surface area contributed by atoms with Crippen molar-refractivity contribution in [3.05, 3.63) is 36.3 Å². The second kappa shape index (κ2) is 4.18. The molecule has 0 fully saturated rings. The molecule has 16 heavy (non-hydrogen) atoms. The fraction of sp³-hybridized carbons (Fsp3) is 0.250. The highest BCUT2D eigenvalue weighted by molar-refractivity contribution is 5.87. The average Bonchev–Trinajstić information content (AvgIpc) is 2.83. The van der Waals surface area contributed by atoms with Gasteiger partial charge in [-0.3, -0.25) is 4.99 Å². The van der Waals surface area contributed by atoms with Crippen molar-refractivity contribution in [1.29, 1.82) is 0 Å². The van der Waals surface area contributed by atoms with Gasteiger partial charge in [0.1, 0.15) is 5.76 Å². The molecule has 84 valence electrons. The summed E-state index contributed by atoms with van der Waals surface area (Å²) in [7, 11) is 0. The molecule has 2 heterocycles. The molecule has 3 nitrogen and oxygen atoms in total. The summed E-state index contributed by atoms with van der Waals surface area (Å²) in [6.07, 6.45) is 2.62. The first-order valence-corrected chi connectivity index (χ1v) is 5.09. The topological polar surface area (TPSA) is 51.5 Å². The third-order valence-corrected chi connectivity index (χ3v) is 2.88. The Kier molecular flexibility index (Phi) is 2.88. The van der Waals surface area contributed by atoms with Crippen molar-refractivity contribution in [2.75, 3.05) is 6.54 Å². The van der Waals surface area contributed by atoms with Crippen LogP contribution in [0.4, 0.5) is 0 Å². The number of halogens is 1. The van der Waals surface area contributed by atoms with E-state index in [1.165, 1.54) is 5.39 Å².